The molecule has 2 aromatic rings. The molecule has 0 radical (unpaired) electrons. The molecule has 1 N–H and O–H groups in total. The summed E-state index contributed by atoms with van der Waals surface area (Å²) in [6, 6.07) is 12.1. The molecule has 5 heteroatoms. The van der Waals surface area contributed by atoms with Gasteiger partial charge in [0.25, 0.3) is 0 Å². The molecule has 0 aromatic heterocycles. The zero-order chi connectivity index (χ0) is 16.7. The lowest BCUT2D eigenvalue weighted by atomic mass is 10.1. The molecule has 0 spiro atoms. The minimum atomic E-state index is 0.708. The van der Waals surface area contributed by atoms with Crippen molar-refractivity contribution in [3.05, 3.63) is 56.5 Å². The summed E-state index contributed by atoms with van der Waals surface area (Å²) < 4.78 is 13.3. The van der Waals surface area contributed by atoms with Crippen molar-refractivity contribution in [3.63, 3.8) is 0 Å². The molecular formula is C18H21Br2NO2. The van der Waals surface area contributed by atoms with Gasteiger partial charge in [-0.2, -0.15) is 0 Å². The van der Waals surface area contributed by atoms with E-state index in [1.54, 1.807) is 7.11 Å². The van der Waals surface area contributed by atoms with Crippen LogP contribution in [0.4, 0.5) is 0 Å². The van der Waals surface area contributed by atoms with Gasteiger partial charge in [-0.3, -0.25) is 0 Å². The van der Waals surface area contributed by atoms with Gasteiger partial charge in [0, 0.05) is 28.7 Å². The number of hydrogen-bond donors (Lipinski definition) is 1. The highest BCUT2D eigenvalue weighted by Gasteiger charge is 2.10. The number of methoxy groups -OCH3 is 1. The van der Waals surface area contributed by atoms with Crippen molar-refractivity contribution in [3.8, 4) is 11.5 Å². The van der Waals surface area contributed by atoms with Crippen LogP contribution in [0.1, 0.15) is 24.5 Å². The quantitative estimate of drug-likeness (QED) is 0.601. The van der Waals surface area contributed by atoms with E-state index in [2.05, 4.69) is 56.2 Å². The summed E-state index contributed by atoms with van der Waals surface area (Å²) in [5.74, 6) is 1.81. The summed E-state index contributed by atoms with van der Waals surface area (Å²) in [6.07, 6.45) is 0.983. The van der Waals surface area contributed by atoms with Crippen LogP contribution in [0.3, 0.4) is 0 Å². The van der Waals surface area contributed by atoms with Gasteiger partial charge < -0.3 is 14.8 Å². The van der Waals surface area contributed by atoms with Gasteiger partial charge in [-0.15, -0.1) is 0 Å². The van der Waals surface area contributed by atoms with Crippen LogP contribution in [-0.4, -0.2) is 13.7 Å². The maximum Gasteiger partial charge on any atom is 0.138 e. The van der Waals surface area contributed by atoms with Crippen LogP contribution in [0.25, 0.3) is 0 Å². The minimum absolute atomic E-state index is 0.708. The lowest BCUT2D eigenvalue weighted by Gasteiger charge is -2.15. The zero-order valence-corrected chi connectivity index (χ0v) is 16.5. The molecule has 0 saturated carbocycles. The second-order valence-corrected chi connectivity index (χ2v) is 6.91. The van der Waals surface area contributed by atoms with Crippen molar-refractivity contribution in [2.45, 2.75) is 26.4 Å². The van der Waals surface area contributed by atoms with E-state index in [0.717, 1.165) is 51.1 Å². The Morgan fingerprint density at radius 3 is 2.52 bits per heavy atom. The van der Waals surface area contributed by atoms with E-state index in [1.807, 2.05) is 24.3 Å². The third-order valence-electron chi connectivity index (χ3n) is 3.36. The lowest BCUT2D eigenvalue weighted by molar-refractivity contribution is 0.311. The van der Waals surface area contributed by atoms with Crippen LogP contribution < -0.4 is 14.8 Å². The van der Waals surface area contributed by atoms with Crippen LogP contribution in [-0.2, 0) is 13.1 Å². The zero-order valence-electron chi connectivity index (χ0n) is 13.4. The lowest BCUT2D eigenvalue weighted by Crippen LogP contribution is -2.14. The highest BCUT2D eigenvalue weighted by Crippen LogP contribution is 2.33. The van der Waals surface area contributed by atoms with Crippen molar-refractivity contribution in [1.82, 2.24) is 5.32 Å². The van der Waals surface area contributed by atoms with Crippen molar-refractivity contribution >= 4 is 31.9 Å². The van der Waals surface area contributed by atoms with E-state index in [-0.39, 0.29) is 0 Å². The van der Waals surface area contributed by atoms with Crippen LogP contribution in [0.2, 0.25) is 0 Å². The highest BCUT2D eigenvalue weighted by molar-refractivity contribution is 9.11. The first kappa shape index (κ1) is 18.3. The monoisotopic (exact) mass is 441 g/mol. The molecule has 0 aliphatic carbocycles. The topological polar surface area (TPSA) is 30.5 Å². The first-order valence-corrected chi connectivity index (χ1v) is 9.17. The van der Waals surface area contributed by atoms with Crippen molar-refractivity contribution in [2.75, 3.05) is 13.7 Å². The number of hydrogen-bond acceptors (Lipinski definition) is 3. The molecule has 0 amide bonds. The van der Waals surface area contributed by atoms with E-state index in [1.165, 1.54) is 0 Å². The Labute approximate surface area is 154 Å². The second kappa shape index (κ2) is 9.30. The molecule has 2 rings (SSSR count). The van der Waals surface area contributed by atoms with Crippen LogP contribution in [0.15, 0.2) is 45.3 Å². The van der Waals surface area contributed by atoms with Crippen LogP contribution in [0, 0.1) is 0 Å². The molecule has 23 heavy (non-hydrogen) atoms. The molecule has 0 aliphatic rings. The number of nitrogens with one attached hydrogen (secondary N) is 1. The Morgan fingerprint density at radius 1 is 1.04 bits per heavy atom. The fraction of sp³-hybridized carbons (Fsp3) is 0.333. The highest BCUT2D eigenvalue weighted by atomic mass is 79.9. The van der Waals surface area contributed by atoms with Gasteiger partial charge in [0.05, 0.1) is 18.2 Å². The number of halogens is 2. The number of ether oxygens (including phenoxy) is 2. The maximum absolute atomic E-state index is 5.89. The van der Waals surface area contributed by atoms with Crippen molar-refractivity contribution in [1.29, 1.82) is 0 Å². The predicted molar refractivity (Wildman–Crippen MR) is 101 cm³/mol. The third kappa shape index (κ3) is 5.23. The predicted octanol–water partition coefficient (Wildman–Crippen LogP) is 5.30. The van der Waals surface area contributed by atoms with E-state index < -0.39 is 0 Å². The Morgan fingerprint density at radius 2 is 1.78 bits per heavy atom. The fourth-order valence-corrected chi connectivity index (χ4v) is 3.72. The molecule has 2 aromatic carbocycles. The maximum atomic E-state index is 5.89. The molecule has 0 aliphatic heterocycles. The summed E-state index contributed by atoms with van der Waals surface area (Å²) >= 11 is 7.13. The summed E-state index contributed by atoms with van der Waals surface area (Å²) in [6.45, 7) is 4.27. The molecule has 0 saturated heterocycles. The largest absolute Gasteiger partial charge is 0.496 e. The SMILES string of the molecule is CCCOc1c(Br)cc(Br)cc1CNCc1ccccc1OC. The van der Waals surface area contributed by atoms with E-state index in [9.17, 15) is 0 Å². The Balaban J connectivity index is 2.07. The Hall–Kier alpha value is -1.04. The van der Waals surface area contributed by atoms with Crippen LogP contribution in [0.5, 0.6) is 11.5 Å². The summed E-state index contributed by atoms with van der Waals surface area (Å²) in [5, 5.41) is 3.46. The molecule has 0 heterocycles. The second-order valence-electron chi connectivity index (χ2n) is 5.14. The number of para-hydroxylation sites is 1. The van der Waals surface area contributed by atoms with Crippen molar-refractivity contribution in [2.24, 2.45) is 0 Å². The first-order valence-electron chi connectivity index (χ1n) is 7.59. The number of rotatable bonds is 8. The molecule has 0 bridgehead atoms. The van der Waals surface area contributed by atoms with Gasteiger partial charge in [0.2, 0.25) is 0 Å². The minimum Gasteiger partial charge on any atom is -0.496 e. The third-order valence-corrected chi connectivity index (χ3v) is 4.41. The van der Waals surface area contributed by atoms with Gasteiger partial charge in [-0.25, -0.2) is 0 Å². The molecule has 0 unspecified atom stereocenters. The number of benzene rings is 2. The Bertz CT molecular complexity index is 647. The normalized spacial score (nSPS) is 10.6. The smallest absolute Gasteiger partial charge is 0.138 e. The van der Waals surface area contributed by atoms with Gasteiger partial charge in [0.1, 0.15) is 11.5 Å². The average molecular weight is 443 g/mol. The average Bonchev–Trinajstić information content (AvgIpc) is 2.54. The fourth-order valence-electron chi connectivity index (χ4n) is 2.29. The van der Waals surface area contributed by atoms with Gasteiger partial charge in [0.15, 0.2) is 0 Å². The summed E-state index contributed by atoms with van der Waals surface area (Å²) in [4.78, 5) is 0. The molecule has 0 atom stereocenters. The molecule has 0 fully saturated rings. The molecular weight excluding hydrogens is 422 g/mol. The van der Waals surface area contributed by atoms with Gasteiger partial charge in [-0.05, 0) is 40.5 Å². The van der Waals surface area contributed by atoms with Crippen LogP contribution >= 0.6 is 31.9 Å². The standard InChI is InChI=1S/C18H21Br2NO2/c1-3-8-23-18-14(9-15(19)10-16(18)20)12-21-11-13-6-4-5-7-17(13)22-2/h4-7,9-10,21H,3,8,11-12H2,1-2H3. The van der Waals surface area contributed by atoms with E-state index in [4.69, 9.17) is 9.47 Å². The van der Waals surface area contributed by atoms with E-state index >= 15 is 0 Å². The van der Waals surface area contributed by atoms with Gasteiger partial charge >= 0.3 is 0 Å². The van der Waals surface area contributed by atoms with Gasteiger partial charge in [-0.1, -0.05) is 41.1 Å². The molecule has 124 valence electrons. The molecule has 3 nitrogen and oxygen atoms in total. The first-order chi connectivity index (χ1) is 11.2. The summed E-state index contributed by atoms with van der Waals surface area (Å²) in [7, 11) is 1.70. The van der Waals surface area contributed by atoms with Crippen molar-refractivity contribution < 1.29 is 9.47 Å². The summed E-state index contributed by atoms with van der Waals surface area (Å²) in [5.41, 5.74) is 2.26. The van der Waals surface area contributed by atoms with E-state index in [0.29, 0.717) is 6.61 Å². The Kier molecular flexibility index (Phi) is 7.40.